The van der Waals surface area contributed by atoms with Crippen LogP contribution in [0.3, 0.4) is 0 Å². The third-order valence-corrected chi connectivity index (χ3v) is 10.0. The van der Waals surface area contributed by atoms with Crippen molar-refractivity contribution in [2.24, 2.45) is 0 Å². The molecule has 0 saturated carbocycles. The maximum atomic E-state index is 12.3. The second-order valence-electron chi connectivity index (χ2n) is 14.2. The highest BCUT2D eigenvalue weighted by Crippen LogP contribution is 2.43. The van der Waals surface area contributed by atoms with E-state index in [4.69, 9.17) is 13.8 Å². The van der Waals surface area contributed by atoms with Gasteiger partial charge in [-0.2, -0.15) is 0 Å². The van der Waals surface area contributed by atoms with Crippen molar-refractivity contribution in [1.29, 1.82) is 0 Å². The third kappa shape index (κ3) is 35.3. The van der Waals surface area contributed by atoms with Crippen LogP contribution in [0.1, 0.15) is 194 Å². The first kappa shape index (κ1) is 50.2. The Kier molecular flexibility index (Phi) is 35.0. The summed E-state index contributed by atoms with van der Waals surface area (Å²) in [4.78, 5) is 45.8. The SMILES string of the molecule is CCCCCC/C=C\CCCCCCCC(=O)OCC(O)COP(=O)(O)OCC(NC(=O)CCCCCCCCCCCCCCCCC)C(=O)O. The van der Waals surface area contributed by atoms with E-state index in [0.717, 1.165) is 57.8 Å². The van der Waals surface area contributed by atoms with Crippen molar-refractivity contribution >= 4 is 25.7 Å². The largest absolute Gasteiger partial charge is 0.480 e. The van der Waals surface area contributed by atoms with Crippen LogP contribution in [0.25, 0.3) is 0 Å². The number of esters is 1. The van der Waals surface area contributed by atoms with E-state index in [1.165, 1.54) is 96.3 Å². The van der Waals surface area contributed by atoms with Gasteiger partial charge in [-0.3, -0.25) is 18.6 Å². The lowest BCUT2D eigenvalue weighted by atomic mass is 10.0. The van der Waals surface area contributed by atoms with Crippen molar-refractivity contribution in [3.63, 3.8) is 0 Å². The lowest BCUT2D eigenvalue weighted by Crippen LogP contribution is -2.43. The number of carbonyl (C=O) groups excluding carboxylic acids is 2. The molecule has 0 aromatic heterocycles. The monoisotopic (exact) mass is 762 g/mol. The molecular weight excluding hydrogens is 685 g/mol. The summed E-state index contributed by atoms with van der Waals surface area (Å²) in [6.45, 7) is 2.57. The Morgan fingerprint density at radius 1 is 0.596 bits per heavy atom. The number of aliphatic hydroxyl groups excluding tert-OH is 1. The summed E-state index contributed by atoms with van der Waals surface area (Å²) < 4.78 is 26.8. The third-order valence-electron chi connectivity index (χ3n) is 9.05. The number of aliphatic hydroxyl groups is 1. The number of aliphatic carboxylic acids is 1. The zero-order valence-corrected chi connectivity index (χ0v) is 33.8. The molecule has 12 heteroatoms. The molecule has 0 fully saturated rings. The fraction of sp³-hybridized carbons (Fsp3) is 0.875. The van der Waals surface area contributed by atoms with Crippen LogP contribution in [0.5, 0.6) is 0 Å². The van der Waals surface area contributed by atoms with E-state index >= 15 is 0 Å². The molecule has 0 aliphatic heterocycles. The Balaban J connectivity index is 3.92. The number of amides is 1. The number of carboxylic acid groups (broad SMARTS) is 1. The number of ether oxygens (including phenoxy) is 1. The number of unbranched alkanes of at least 4 members (excludes halogenated alkanes) is 23. The minimum atomic E-state index is -4.75. The molecule has 0 spiro atoms. The molecule has 0 aromatic carbocycles. The Labute approximate surface area is 316 Å². The van der Waals surface area contributed by atoms with Crippen molar-refractivity contribution in [2.45, 2.75) is 206 Å². The van der Waals surface area contributed by atoms with Crippen molar-refractivity contribution in [3.05, 3.63) is 12.2 Å². The fourth-order valence-electron chi connectivity index (χ4n) is 5.78. The number of hydrogen-bond acceptors (Lipinski definition) is 8. The highest BCUT2D eigenvalue weighted by Gasteiger charge is 2.28. The number of rotatable bonds is 39. The van der Waals surface area contributed by atoms with Gasteiger partial charge in [-0.15, -0.1) is 0 Å². The highest BCUT2D eigenvalue weighted by atomic mass is 31.2. The molecule has 306 valence electrons. The van der Waals surface area contributed by atoms with E-state index in [-0.39, 0.29) is 12.8 Å². The summed E-state index contributed by atoms with van der Waals surface area (Å²) in [7, 11) is -4.75. The molecule has 0 aromatic rings. The van der Waals surface area contributed by atoms with E-state index in [1.807, 2.05) is 0 Å². The number of allylic oxidation sites excluding steroid dienone is 2. The second kappa shape index (κ2) is 36.2. The van der Waals surface area contributed by atoms with Gasteiger partial charge in [0.05, 0.1) is 13.2 Å². The number of hydrogen-bond donors (Lipinski definition) is 4. The molecule has 3 atom stereocenters. The van der Waals surface area contributed by atoms with Gasteiger partial charge in [0.25, 0.3) is 0 Å². The first-order valence-corrected chi connectivity index (χ1v) is 22.2. The predicted molar refractivity (Wildman–Crippen MR) is 208 cm³/mol. The maximum Gasteiger partial charge on any atom is 0.472 e. The van der Waals surface area contributed by atoms with Gasteiger partial charge in [-0.05, 0) is 38.5 Å². The van der Waals surface area contributed by atoms with Gasteiger partial charge in [0.1, 0.15) is 12.7 Å². The lowest BCUT2D eigenvalue weighted by molar-refractivity contribution is -0.147. The van der Waals surface area contributed by atoms with Crippen molar-refractivity contribution in [2.75, 3.05) is 19.8 Å². The predicted octanol–water partition coefficient (Wildman–Crippen LogP) is 10.1. The van der Waals surface area contributed by atoms with E-state index < -0.39 is 57.6 Å². The minimum absolute atomic E-state index is 0.150. The summed E-state index contributed by atoms with van der Waals surface area (Å²) in [6, 6.07) is -1.54. The minimum Gasteiger partial charge on any atom is -0.480 e. The van der Waals surface area contributed by atoms with Crippen LogP contribution >= 0.6 is 7.82 Å². The Bertz CT molecular complexity index is 947. The topological polar surface area (TPSA) is 169 Å². The lowest BCUT2D eigenvalue weighted by Gasteiger charge is -2.18. The number of nitrogens with one attached hydrogen (secondary N) is 1. The number of carboxylic acids is 1. The molecule has 0 rings (SSSR count). The molecule has 0 bridgehead atoms. The van der Waals surface area contributed by atoms with Gasteiger partial charge in [-0.25, -0.2) is 9.36 Å². The summed E-state index contributed by atoms with van der Waals surface area (Å²) in [5.74, 6) is -2.37. The Morgan fingerprint density at radius 3 is 1.48 bits per heavy atom. The molecule has 0 heterocycles. The fourth-order valence-corrected chi connectivity index (χ4v) is 6.55. The zero-order chi connectivity index (χ0) is 38.5. The van der Waals surface area contributed by atoms with Gasteiger partial charge in [0.15, 0.2) is 6.04 Å². The van der Waals surface area contributed by atoms with Crippen molar-refractivity contribution < 1.29 is 47.8 Å². The van der Waals surface area contributed by atoms with Gasteiger partial charge in [0, 0.05) is 12.8 Å². The molecular formula is C40H76NO10P. The molecule has 11 nitrogen and oxygen atoms in total. The molecule has 3 unspecified atom stereocenters. The first-order valence-electron chi connectivity index (χ1n) is 20.7. The van der Waals surface area contributed by atoms with Crippen LogP contribution in [0.15, 0.2) is 12.2 Å². The summed E-state index contributed by atoms with van der Waals surface area (Å²) in [5.41, 5.74) is 0. The van der Waals surface area contributed by atoms with Gasteiger partial charge < -0.3 is 25.2 Å². The van der Waals surface area contributed by atoms with Gasteiger partial charge in [0.2, 0.25) is 5.91 Å². The van der Waals surface area contributed by atoms with Crippen LogP contribution in [0.2, 0.25) is 0 Å². The van der Waals surface area contributed by atoms with E-state index in [2.05, 4.69) is 31.3 Å². The van der Waals surface area contributed by atoms with Gasteiger partial charge in [-0.1, -0.05) is 154 Å². The molecule has 0 saturated heterocycles. The smallest absolute Gasteiger partial charge is 0.472 e. The zero-order valence-electron chi connectivity index (χ0n) is 32.9. The van der Waals surface area contributed by atoms with Gasteiger partial charge >= 0.3 is 19.8 Å². The second-order valence-corrected chi connectivity index (χ2v) is 15.6. The Hall–Kier alpha value is -1.78. The molecule has 0 aliphatic rings. The van der Waals surface area contributed by atoms with E-state index in [9.17, 15) is 34.1 Å². The normalized spacial score (nSPS) is 13.9. The first-order chi connectivity index (χ1) is 25.1. The van der Waals surface area contributed by atoms with Crippen LogP contribution < -0.4 is 5.32 Å². The van der Waals surface area contributed by atoms with Crippen LogP contribution in [-0.2, 0) is 32.7 Å². The maximum absolute atomic E-state index is 12.3. The standard InChI is InChI=1S/C40H76NO10P/c1-3-5-7-9-11-13-15-17-18-20-21-23-25-27-29-31-38(43)41-37(40(45)46)35-51-52(47,48)50-34-36(42)33-49-39(44)32-30-28-26-24-22-19-16-14-12-10-8-6-4-2/h14,16,36-37,42H,3-13,15,17-35H2,1-2H3,(H,41,43)(H,45,46)(H,47,48)/b16-14-. The number of phosphoric acid groups is 1. The molecule has 4 N–H and O–H groups in total. The number of carbonyl (C=O) groups is 3. The number of phosphoric ester groups is 1. The van der Waals surface area contributed by atoms with Crippen LogP contribution in [0.4, 0.5) is 0 Å². The highest BCUT2D eigenvalue weighted by molar-refractivity contribution is 7.47. The van der Waals surface area contributed by atoms with Crippen LogP contribution in [-0.4, -0.2) is 64.9 Å². The summed E-state index contributed by atoms with van der Waals surface area (Å²) >= 11 is 0. The molecule has 0 radical (unpaired) electrons. The molecule has 0 aliphatic carbocycles. The summed E-state index contributed by atoms with van der Waals surface area (Å²) in [6.07, 6.45) is 33.8. The molecule has 1 amide bonds. The van der Waals surface area contributed by atoms with Crippen molar-refractivity contribution in [1.82, 2.24) is 5.32 Å². The molecule has 52 heavy (non-hydrogen) atoms. The van der Waals surface area contributed by atoms with Crippen molar-refractivity contribution in [3.8, 4) is 0 Å². The van der Waals surface area contributed by atoms with E-state index in [1.54, 1.807) is 0 Å². The summed E-state index contributed by atoms with van der Waals surface area (Å²) in [5, 5.41) is 21.8. The Morgan fingerprint density at radius 2 is 1.00 bits per heavy atom. The van der Waals surface area contributed by atoms with Crippen LogP contribution in [0, 0.1) is 0 Å². The average molecular weight is 762 g/mol. The quantitative estimate of drug-likeness (QED) is 0.0205. The van der Waals surface area contributed by atoms with E-state index in [0.29, 0.717) is 12.8 Å². The average Bonchev–Trinajstić information content (AvgIpc) is 3.11.